The van der Waals surface area contributed by atoms with Crippen LogP contribution in [0.1, 0.15) is 20.7 Å². The van der Waals surface area contributed by atoms with Gasteiger partial charge in [-0.15, -0.1) is 0 Å². The second kappa shape index (κ2) is 7.57. The summed E-state index contributed by atoms with van der Waals surface area (Å²) in [6.45, 7) is 0. The normalized spacial score (nSPS) is 11.3. The van der Waals surface area contributed by atoms with Crippen LogP contribution in [0.15, 0.2) is 109 Å². The van der Waals surface area contributed by atoms with Crippen LogP contribution in [0, 0.1) is 0 Å². The van der Waals surface area contributed by atoms with Crippen molar-refractivity contribution in [2.24, 2.45) is 0 Å². The number of nitrogens with one attached hydrogen (secondary N) is 1. The molecule has 0 saturated heterocycles. The maximum absolute atomic E-state index is 13.2. The molecule has 3 heteroatoms. The van der Waals surface area contributed by atoms with Gasteiger partial charge in [-0.25, -0.2) is 0 Å². The van der Waals surface area contributed by atoms with Crippen molar-refractivity contribution >= 4 is 54.9 Å². The van der Waals surface area contributed by atoms with Gasteiger partial charge in [0.05, 0.1) is 0 Å². The van der Waals surface area contributed by atoms with Gasteiger partial charge in [-0.05, 0) is 79.5 Å². The predicted molar refractivity (Wildman–Crippen MR) is 135 cm³/mol. The number of hydrogen-bond donors (Lipinski definition) is 1. The highest BCUT2D eigenvalue weighted by Crippen LogP contribution is 2.27. The number of amides is 2. The largest absolute Gasteiger partial charge is 0.288 e. The van der Waals surface area contributed by atoms with E-state index in [4.69, 9.17) is 0 Å². The van der Waals surface area contributed by atoms with Crippen molar-refractivity contribution in [2.45, 2.75) is 0 Å². The molecular formula is C30H19NO2. The first-order valence-corrected chi connectivity index (χ1v) is 10.9. The number of fused-ring (bicyclic) bond motifs is 4. The number of imide groups is 1. The predicted octanol–water partition coefficient (Wildman–Crippen LogP) is 6.87. The number of rotatable bonds is 2. The fraction of sp³-hybridized carbons (Fsp3) is 0. The Bertz CT molecular complexity index is 1600. The summed E-state index contributed by atoms with van der Waals surface area (Å²) in [6.07, 6.45) is 0. The van der Waals surface area contributed by atoms with Gasteiger partial charge in [0.1, 0.15) is 0 Å². The smallest absolute Gasteiger partial charge is 0.258 e. The molecule has 0 bridgehead atoms. The molecule has 0 radical (unpaired) electrons. The summed E-state index contributed by atoms with van der Waals surface area (Å²) in [5, 5.41) is 10.5. The average Bonchev–Trinajstić information content (AvgIpc) is 2.85. The summed E-state index contributed by atoms with van der Waals surface area (Å²) in [7, 11) is 0. The highest BCUT2D eigenvalue weighted by Gasteiger charge is 2.17. The molecule has 0 aromatic heterocycles. The molecule has 2 amide bonds. The number of hydrogen-bond acceptors (Lipinski definition) is 2. The Morgan fingerprint density at radius 2 is 0.788 bits per heavy atom. The molecule has 0 aliphatic heterocycles. The van der Waals surface area contributed by atoms with Crippen molar-refractivity contribution in [2.75, 3.05) is 0 Å². The lowest BCUT2D eigenvalue weighted by Gasteiger charge is -2.11. The van der Waals surface area contributed by atoms with Crippen molar-refractivity contribution in [3.63, 3.8) is 0 Å². The third-order valence-electron chi connectivity index (χ3n) is 6.21. The van der Waals surface area contributed by atoms with Gasteiger partial charge < -0.3 is 0 Å². The van der Waals surface area contributed by atoms with E-state index < -0.39 is 11.8 Å². The van der Waals surface area contributed by atoms with Gasteiger partial charge in [0.25, 0.3) is 11.8 Å². The Morgan fingerprint density at radius 1 is 0.424 bits per heavy atom. The van der Waals surface area contributed by atoms with Crippen LogP contribution >= 0.6 is 0 Å². The van der Waals surface area contributed by atoms with E-state index in [1.807, 2.05) is 72.8 Å². The minimum Gasteiger partial charge on any atom is -0.288 e. The molecule has 1 N–H and O–H groups in total. The molecule has 6 rings (SSSR count). The second-order valence-corrected chi connectivity index (χ2v) is 8.24. The highest BCUT2D eigenvalue weighted by atomic mass is 16.2. The lowest BCUT2D eigenvalue weighted by molar-refractivity contribution is 0.0851. The van der Waals surface area contributed by atoms with E-state index in [9.17, 15) is 9.59 Å². The number of carbonyl (C=O) groups is 2. The summed E-state index contributed by atoms with van der Waals surface area (Å²) in [5.41, 5.74) is 0.967. The highest BCUT2D eigenvalue weighted by molar-refractivity contribution is 6.20. The van der Waals surface area contributed by atoms with E-state index in [0.717, 1.165) is 43.1 Å². The van der Waals surface area contributed by atoms with Crippen molar-refractivity contribution in [1.29, 1.82) is 0 Å². The van der Waals surface area contributed by atoms with Crippen molar-refractivity contribution in [1.82, 2.24) is 5.32 Å². The van der Waals surface area contributed by atoms with Gasteiger partial charge in [-0.1, -0.05) is 72.8 Å². The first-order valence-electron chi connectivity index (χ1n) is 10.9. The van der Waals surface area contributed by atoms with Gasteiger partial charge in [-0.3, -0.25) is 14.9 Å². The SMILES string of the molecule is O=C(NC(=O)c1cccc2cc3ccccc3cc12)c1cccc2cc3ccccc3cc12. The molecule has 0 atom stereocenters. The maximum Gasteiger partial charge on any atom is 0.258 e. The third-order valence-corrected chi connectivity index (χ3v) is 6.21. The lowest BCUT2D eigenvalue weighted by atomic mass is 9.98. The third kappa shape index (κ3) is 3.31. The molecule has 0 aliphatic carbocycles. The Balaban J connectivity index is 1.40. The first kappa shape index (κ1) is 19.2. The Morgan fingerprint density at radius 3 is 1.21 bits per heavy atom. The van der Waals surface area contributed by atoms with Crippen LogP contribution in [-0.4, -0.2) is 11.8 Å². The fourth-order valence-electron chi connectivity index (χ4n) is 4.57. The van der Waals surface area contributed by atoms with E-state index in [-0.39, 0.29) is 0 Å². The molecule has 0 aliphatic rings. The summed E-state index contributed by atoms with van der Waals surface area (Å²) in [4.78, 5) is 26.4. The summed E-state index contributed by atoms with van der Waals surface area (Å²) >= 11 is 0. The average molecular weight is 425 g/mol. The van der Waals surface area contributed by atoms with Crippen LogP contribution in [0.5, 0.6) is 0 Å². The van der Waals surface area contributed by atoms with Crippen LogP contribution in [0.3, 0.4) is 0 Å². The molecule has 6 aromatic rings. The minimum absolute atomic E-state index is 0.404. The topological polar surface area (TPSA) is 46.2 Å². The Hall–Kier alpha value is -4.50. The van der Waals surface area contributed by atoms with Gasteiger partial charge in [0.2, 0.25) is 0 Å². The summed E-state index contributed by atoms with van der Waals surface area (Å²) < 4.78 is 0. The van der Waals surface area contributed by atoms with Crippen molar-refractivity contribution in [3.05, 3.63) is 120 Å². The lowest BCUT2D eigenvalue weighted by Crippen LogP contribution is -2.30. The summed E-state index contributed by atoms with van der Waals surface area (Å²) in [6, 6.07) is 35.4. The fourth-order valence-corrected chi connectivity index (χ4v) is 4.57. The molecule has 3 nitrogen and oxygen atoms in total. The maximum atomic E-state index is 13.2. The molecular weight excluding hydrogens is 406 g/mol. The zero-order valence-electron chi connectivity index (χ0n) is 17.7. The summed E-state index contributed by atoms with van der Waals surface area (Å²) in [5.74, 6) is -0.808. The van der Waals surface area contributed by atoms with Crippen LogP contribution < -0.4 is 5.32 Å². The molecule has 0 heterocycles. The Kier molecular flexibility index (Phi) is 4.41. The van der Waals surface area contributed by atoms with E-state index in [1.54, 1.807) is 12.1 Å². The first-order chi connectivity index (χ1) is 16.2. The van der Waals surface area contributed by atoms with E-state index in [2.05, 4.69) is 29.6 Å². The molecule has 0 unspecified atom stereocenters. The number of benzene rings is 6. The molecule has 6 aromatic carbocycles. The molecule has 156 valence electrons. The van der Waals surface area contributed by atoms with Crippen molar-refractivity contribution in [3.8, 4) is 0 Å². The van der Waals surface area contributed by atoms with Crippen molar-refractivity contribution < 1.29 is 9.59 Å². The van der Waals surface area contributed by atoms with Crippen LogP contribution in [0.4, 0.5) is 0 Å². The van der Waals surface area contributed by atoms with Gasteiger partial charge in [-0.2, -0.15) is 0 Å². The monoisotopic (exact) mass is 425 g/mol. The van der Waals surface area contributed by atoms with E-state index in [1.165, 1.54) is 0 Å². The molecule has 33 heavy (non-hydrogen) atoms. The zero-order valence-corrected chi connectivity index (χ0v) is 17.7. The van der Waals surface area contributed by atoms with Crippen LogP contribution in [0.2, 0.25) is 0 Å². The van der Waals surface area contributed by atoms with Gasteiger partial charge in [0.15, 0.2) is 0 Å². The van der Waals surface area contributed by atoms with Gasteiger partial charge in [0, 0.05) is 11.1 Å². The van der Waals surface area contributed by atoms with Crippen LogP contribution in [0.25, 0.3) is 43.1 Å². The quantitative estimate of drug-likeness (QED) is 0.243. The Labute approximate surface area is 190 Å². The molecule has 0 fully saturated rings. The standard InChI is InChI=1S/C30H19NO2/c32-29(25-13-5-11-23-15-19-7-1-3-9-21(19)17-27(23)25)31-30(33)26-14-6-12-24-16-20-8-2-4-10-22(20)18-28(24)26/h1-18H,(H,31,32,33). The number of carbonyl (C=O) groups excluding carboxylic acids is 2. The van der Waals surface area contributed by atoms with Crippen LogP contribution in [-0.2, 0) is 0 Å². The second-order valence-electron chi connectivity index (χ2n) is 8.24. The molecule has 0 saturated carbocycles. The van der Waals surface area contributed by atoms with E-state index >= 15 is 0 Å². The zero-order chi connectivity index (χ0) is 22.4. The van der Waals surface area contributed by atoms with Gasteiger partial charge >= 0.3 is 0 Å². The minimum atomic E-state index is -0.404. The molecule has 0 spiro atoms. The van der Waals surface area contributed by atoms with E-state index in [0.29, 0.717) is 11.1 Å².